The average molecular weight is 252 g/mol. The summed E-state index contributed by atoms with van der Waals surface area (Å²) < 4.78 is 0. The van der Waals surface area contributed by atoms with Gasteiger partial charge in [0.05, 0.1) is 0 Å². The molecule has 2 N–H and O–H groups in total. The van der Waals surface area contributed by atoms with E-state index in [1.54, 1.807) is 0 Å². The molecule has 3 nitrogen and oxygen atoms in total. The van der Waals surface area contributed by atoms with Crippen LogP contribution in [0, 0.1) is 0 Å². The van der Waals surface area contributed by atoms with E-state index in [2.05, 4.69) is 17.2 Å². The Morgan fingerprint density at radius 2 is 1.89 bits per heavy atom. The summed E-state index contributed by atoms with van der Waals surface area (Å²) in [4.78, 5) is 11.5. The predicted octanol–water partition coefficient (Wildman–Crippen LogP) is 2.77. The van der Waals surface area contributed by atoms with E-state index in [1.165, 1.54) is 38.5 Å². The number of carbonyl (C=O) groups excluding carboxylic acids is 1. The fraction of sp³-hybridized carbons (Fsp3) is 0.800. The first-order valence-corrected chi connectivity index (χ1v) is 7.44. The van der Waals surface area contributed by atoms with Crippen LogP contribution in [0.5, 0.6) is 0 Å². The van der Waals surface area contributed by atoms with Crippen molar-refractivity contribution in [3.8, 4) is 0 Å². The third-order valence-electron chi connectivity index (χ3n) is 3.55. The normalized spacial score (nSPS) is 17.1. The molecule has 0 radical (unpaired) electrons. The number of allylic oxidation sites excluding steroid dienone is 1. The van der Waals surface area contributed by atoms with Crippen molar-refractivity contribution < 1.29 is 4.79 Å². The second-order valence-electron chi connectivity index (χ2n) is 5.17. The number of unbranched alkanes of at least 4 members (excludes halogenated alkanes) is 1. The second kappa shape index (κ2) is 10.1. The Morgan fingerprint density at radius 3 is 2.56 bits per heavy atom. The summed E-state index contributed by atoms with van der Waals surface area (Å²) in [6, 6.07) is 0.671. The van der Waals surface area contributed by atoms with Gasteiger partial charge in [0, 0.05) is 25.6 Å². The summed E-state index contributed by atoms with van der Waals surface area (Å²) in [5.74, 6) is 0.166. The second-order valence-corrected chi connectivity index (χ2v) is 5.17. The topological polar surface area (TPSA) is 41.1 Å². The van der Waals surface area contributed by atoms with Crippen molar-refractivity contribution >= 4 is 5.91 Å². The minimum atomic E-state index is 0.166. The van der Waals surface area contributed by atoms with Crippen LogP contribution in [0.25, 0.3) is 0 Å². The fourth-order valence-electron chi connectivity index (χ4n) is 2.46. The molecule has 0 aromatic heterocycles. The molecule has 104 valence electrons. The van der Waals surface area contributed by atoms with Crippen LogP contribution in [0.3, 0.4) is 0 Å². The van der Waals surface area contributed by atoms with Crippen molar-refractivity contribution in [2.75, 3.05) is 13.1 Å². The molecule has 0 unspecified atom stereocenters. The minimum Gasteiger partial charge on any atom is -0.355 e. The van der Waals surface area contributed by atoms with E-state index in [0.717, 1.165) is 25.9 Å². The lowest BCUT2D eigenvalue weighted by molar-refractivity contribution is -0.121. The third kappa shape index (κ3) is 7.49. The molecule has 1 fully saturated rings. The number of hydrogen-bond acceptors (Lipinski definition) is 2. The summed E-state index contributed by atoms with van der Waals surface area (Å²) in [6.45, 7) is 5.30. The van der Waals surface area contributed by atoms with Crippen molar-refractivity contribution in [1.29, 1.82) is 0 Å². The summed E-state index contributed by atoms with van der Waals surface area (Å²) >= 11 is 0. The first-order valence-electron chi connectivity index (χ1n) is 7.44. The predicted molar refractivity (Wildman–Crippen MR) is 76.6 cm³/mol. The fourth-order valence-corrected chi connectivity index (χ4v) is 2.46. The molecule has 0 atom stereocenters. The van der Waals surface area contributed by atoms with Crippen LogP contribution in [0.15, 0.2) is 12.7 Å². The van der Waals surface area contributed by atoms with Gasteiger partial charge in [-0.15, -0.1) is 6.58 Å². The highest BCUT2D eigenvalue weighted by atomic mass is 16.1. The highest BCUT2D eigenvalue weighted by molar-refractivity contribution is 5.75. The molecule has 0 saturated heterocycles. The van der Waals surface area contributed by atoms with Crippen molar-refractivity contribution in [3.05, 3.63) is 12.7 Å². The van der Waals surface area contributed by atoms with Crippen LogP contribution in [0.4, 0.5) is 0 Å². The zero-order valence-electron chi connectivity index (χ0n) is 11.5. The maximum atomic E-state index is 11.5. The zero-order valence-corrected chi connectivity index (χ0v) is 11.5. The van der Waals surface area contributed by atoms with Gasteiger partial charge in [0.25, 0.3) is 0 Å². The largest absolute Gasteiger partial charge is 0.355 e. The first kappa shape index (κ1) is 15.2. The first-order chi connectivity index (χ1) is 8.83. The Kier molecular flexibility index (Phi) is 8.57. The van der Waals surface area contributed by atoms with Crippen LogP contribution in [-0.2, 0) is 4.79 Å². The molecule has 0 aliphatic heterocycles. The van der Waals surface area contributed by atoms with E-state index in [0.29, 0.717) is 12.5 Å². The zero-order chi connectivity index (χ0) is 13.1. The molecule has 0 spiro atoms. The number of carbonyl (C=O) groups is 1. The number of amides is 1. The van der Waals surface area contributed by atoms with Gasteiger partial charge in [-0.05, 0) is 25.7 Å². The van der Waals surface area contributed by atoms with E-state index in [-0.39, 0.29) is 5.91 Å². The lowest BCUT2D eigenvalue weighted by Crippen LogP contribution is -2.36. The van der Waals surface area contributed by atoms with Crippen molar-refractivity contribution in [2.24, 2.45) is 0 Å². The van der Waals surface area contributed by atoms with Gasteiger partial charge in [-0.2, -0.15) is 0 Å². The van der Waals surface area contributed by atoms with Gasteiger partial charge in [-0.25, -0.2) is 0 Å². The van der Waals surface area contributed by atoms with Crippen molar-refractivity contribution in [1.82, 2.24) is 10.6 Å². The van der Waals surface area contributed by atoms with E-state index >= 15 is 0 Å². The maximum absolute atomic E-state index is 11.5. The van der Waals surface area contributed by atoms with E-state index in [1.807, 2.05) is 6.08 Å². The minimum absolute atomic E-state index is 0.166. The molecular weight excluding hydrogens is 224 g/mol. The van der Waals surface area contributed by atoms with Crippen LogP contribution < -0.4 is 10.6 Å². The van der Waals surface area contributed by atoms with Crippen molar-refractivity contribution in [3.63, 3.8) is 0 Å². The molecule has 18 heavy (non-hydrogen) atoms. The number of nitrogens with one attached hydrogen (secondary N) is 2. The molecule has 0 bridgehead atoms. The van der Waals surface area contributed by atoms with Gasteiger partial charge in [0.2, 0.25) is 5.91 Å². The lowest BCUT2D eigenvalue weighted by Gasteiger charge is -2.16. The number of hydrogen-bond donors (Lipinski definition) is 2. The van der Waals surface area contributed by atoms with Crippen LogP contribution in [0.2, 0.25) is 0 Å². The quantitative estimate of drug-likeness (QED) is 0.396. The standard InChI is InChI=1S/C15H28N2O/c1-2-3-6-11-15(18)17-13-12-16-14-9-7-4-5-8-10-14/h2,14,16H,1,3-13H2,(H,17,18). The third-order valence-corrected chi connectivity index (χ3v) is 3.55. The smallest absolute Gasteiger partial charge is 0.220 e. The Hall–Kier alpha value is -0.830. The van der Waals surface area contributed by atoms with Gasteiger partial charge >= 0.3 is 0 Å². The molecule has 0 aromatic rings. The van der Waals surface area contributed by atoms with Gasteiger partial charge in [-0.1, -0.05) is 31.8 Å². The Labute approximate surface area is 111 Å². The molecule has 3 heteroatoms. The maximum Gasteiger partial charge on any atom is 0.220 e. The summed E-state index contributed by atoms with van der Waals surface area (Å²) in [6.07, 6.45) is 12.4. The van der Waals surface area contributed by atoms with Crippen LogP contribution in [0.1, 0.15) is 57.8 Å². The summed E-state index contributed by atoms with van der Waals surface area (Å²) in [7, 11) is 0. The highest BCUT2D eigenvalue weighted by Crippen LogP contribution is 2.16. The van der Waals surface area contributed by atoms with E-state index < -0.39 is 0 Å². The highest BCUT2D eigenvalue weighted by Gasteiger charge is 2.10. The Morgan fingerprint density at radius 1 is 1.17 bits per heavy atom. The lowest BCUT2D eigenvalue weighted by atomic mass is 10.1. The van der Waals surface area contributed by atoms with Crippen LogP contribution in [-0.4, -0.2) is 25.0 Å². The molecule has 0 aromatic carbocycles. The van der Waals surface area contributed by atoms with Gasteiger partial charge < -0.3 is 10.6 Å². The molecule has 1 rings (SSSR count). The molecule has 1 amide bonds. The molecule has 1 aliphatic carbocycles. The summed E-state index contributed by atoms with van der Waals surface area (Å²) in [5.41, 5.74) is 0. The molecule has 1 saturated carbocycles. The van der Waals surface area contributed by atoms with Gasteiger partial charge in [0.1, 0.15) is 0 Å². The molecule has 1 aliphatic rings. The Bertz CT molecular complexity index is 233. The monoisotopic (exact) mass is 252 g/mol. The molecule has 0 heterocycles. The summed E-state index contributed by atoms with van der Waals surface area (Å²) in [5, 5.41) is 6.51. The number of rotatable bonds is 8. The molecular formula is C15H28N2O. The van der Waals surface area contributed by atoms with Gasteiger partial charge in [-0.3, -0.25) is 4.79 Å². The van der Waals surface area contributed by atoms with Crippen LogP contribution >= 0.6 is 0 Å². The van der Waals surface area contributed by atoms with Gasteiger partial charge in [0.15, 0.2) is 0 Å². The average Bonchev–Trinajstić information content (AvgIpc) is 2.63. The van der Waals surface area contributed by atoms with E-state index in [9.17, 15) is 4.79 Å². The SMILES string of the molecule is C=CCCCC(=O)NCCNC1CCCCCC1. The van der Waals surface area contributed by atoms with Crippen molar-refractivity contribution in [2.45, 2.75) is 63.8 Å². The van der Waals surface area contributed by atoms with E-state index in [4.69, 9.17) is 0 Å². The Balaban J connectivity index is 1.96.